The van der Waals surface area contributed by atoms with Crippen molar-refractivity contribution in [2.45, 2.75) is 38.8 Å². The Balaban J connectivity index is 2.03. The van der Waals surface area contributed by atoms with Gasteiger partial charge in [0.25, 0.3) is 0 Å². The average molecular weight is 480 g/mol. The van der Waals surface area contributed by atoms with Gasteiger partial charge in [-0.3, -0.25) is 5.10 Å². The van der Waals surface area contributed by atoms with Crippen molar-refractivity contribution in [2.24, 2.45) is 0 Å². The standard InChI is InChI=1S/C25H29N5O3S/c1-7-18-19(8-2)24(30(4)20-13-14-26-25(27-20)34(6,31)32)21-15(3)28-29-23(21)22(18)16-9-11-17(33-5)12-10-16/h9-14H,7-8H2,1-6H3,(H,28,29). The quantitative estimate of drug-likeness (QED) is 0.386. The highest BCUT2D eigenvalue weighted by atomic mass is 32.2. The summed E-state index contributed by atoms with van der Waals surface area (Å²) in [5, 5.41) is 8.66. The Morgan fingerprint density at radius 1 is 1.06 bits per heavy atom. The van der Waals surface area contributed by atoms with Crippen molar-refractivity contribution in [1.29, 1.82) is 0 Å². The Labute approximate surface area is 199 Å². The van der Waals surface area contributed by atoms with Gasteiger partial charge in [0.1, 0.15) is 17.1 Å². The molecule has 0 radical (unpaired) electrons. The van der Waals surface area contributed by atoms with Gasteiger partial charge in [0, 0.05) is 36.1 Å². The van der Waals surface area contributed by atoms with Gasteiger partial charge in [-0.15, -0.1) is 0 Å². The van der Waals surface area contributed by atoms with E-state index in [1.165, 1.54) is 17.3 Å². The van der Waals surface area contributed by atoms with Crippen LogP contribution < -0.4 is 9.64 Å². The molecule has 0 aliphatic carbocycles. The topological polar surface area (TPSA) is 101 Å². The number of methoxy groups -OCH3 is 1. The van der Waals surface area contributed by atoms with E-state index >= 15 is 0 Å². The lowest BCUT2D eigenvalue weighted by Crippen LogP contribution is -2.17. The fraction of sp³-hybridized carbons (Fsp3) is 0.320. The molecule has 178 valence electrons. The summed E-state index contributed by atoms with van der Waals surface area (Å²) in [6.07, 6.45) is 4.19. The van der Waals surface area contributed by atoms with E-state index in [0.717, 1.165) is 58.3 Å². The number of sulfone groups is 1. The van der Waals surface area contributed by atoms with E-state index in [0.29, 0.717) is 5.82 Å². The third-order valence-corrected chi connectivity index (χ3v) is 6.95. The summed E-state index contributed by atoms with van der Waals surface area (Å²) in [7, 11) is 0.0251. The first kappa shape index (κ1) is 23.7. The van der Waals surface area contributed by atoms with Crippen LogP contribution in [-0.2, 0) is 22.7 Å². The molecule has 9 heteroatoms. The second-order valence-corrected chi connectivity index (χ2v) is 10.1. The maximum atomic E-state index is 12.1. The second kappa shape index (κ2) is 9.06. The molecule has 0 unspecified atom stereocenters. The Kier molecular flexibility index (Phi) is 6.31. The first-order valence-electron chi connectivity index (χ1n) is 11.1. The molecule has 8 nitrogen and oxygen atoms in total. The maximum absolute atomic E-state index is 12.1. The van der Waals surface area contributed by atoms with Crippen molar-refractivity contribution in [1.82, 2.24) is 20.2 Å². The van der Waals surface area contributed by atoms with Crippen molar-refractivity contribution < 1.29 is 13.2 Å². The van der Waals surface area contributed by atoms with Gasteiger partial charge < -0.3 is 9.64 Å². The van der Waals surface area contributed by atoms with Gasteiger partial charge in [0.05, 0.1) is 12.8 Å². The van der Waals surface area contributed by atoms with Crippen molar-refractivity contribution in [2.75, 3.05) is 25.3 Å². The third kappa shape index (κ3) is 4.00. The number of fused-ring (bicyclic) bond motifs is 1. The van der Waals surface area contributed by atoms with Gasteiger partial charge in [-0.25, -0.2) is 18.4 Å². The van der Waals surface area contributed by atoms with Crippen LogP contribution in [0.3, 0.4) is 0 Å². The minimum atomic E-state index is -3.54. The van der Waals surface area contributed by atoms with E-state index in [1.807, 2.05) is 31.0 Å². The number of anilines is 2. The number of aryl methyl sites for hydroxylation is 1. The molecule has 0 saturated carbocycles. The molecular weight excluding hydrogens is 450 g/mol. The molecule has 2 aromatic heterocycles. The number of H-pyrrole nitrogens is 1. The van der Waals surface area contributed by atoms with Crippen molar-refractivity contribution in [3.8, 4) is 16.9 Å². The highest BCUT2D eigenvalue weighted by molar-refractivity contribution is 7.90. The summed E-state index contributed by atoms with van der Waals surface area (Å²) >= 11 is 0. The highest BCUT2D eigenvalue weighted by Crippen LogP contribution is 2.44. The second-order valence-electron chi connectivity index (χ2n) is 8.22. The molecule has 0 amide bonds. The Bertz CT molecular complexity index is 1460. The number of aromatic amines is 1. The predicted octanol–water partition coefficient (Wildman–Crippen LogP) is 4.63. The Hall–Kier alpha value is -3.46. The molecule has 2 aromatic carbocycles. The van der Waals surface area contributed by atoms with Gasteiger partial charge in [-0.2, -0.15) is 5.10 Å². The summed E-state index contributed by atoms with van der Waals surface area (Å²) in [6, 6.07) is 9.75. The molecule has 0 fully saturated rings. The molecule has 4 rings (SSSR count). The number of rotatable bonds is 7. The van der Waals surface area contributed by atoms with E-state index < -0.39 is 9.84 Å². The average Bonchev–Trinajstić information content (AvgIpc) is 3.22. The van der Waals surface area contributed by atoms with Crippen LogP contribution in [-0.4, -0.2) is 49.0 Å². The summed E-state index contributed by atoms with van der Waals surface area (Å²) in [4.78, 5) is 10.2. The number of nitrogens with one attached hydrogen (secondary N) is 1. The number of aromatic nitrogens is 4. The monoisotopic (exact) mass is 479 g/mol. The SMILES string of the molecule is CCc1c(CC)c(N(C)c2ccnc(S(C)(=O)=O)n2)c2c(C)[nH]nc2c1-c1ccc(OC)cc1. The van der Waals surface area contributed by atoms with Crippen LogP contribution in [0.5, 0.6) is 5.75 Å². The lowest BCUT2D eigenvalue weighted by atomic mass is 9.87. The molecule has 34 heavy (non-hydrogen) atoms. The molecule has 0 aliphatic heterocycles. The molecule has 0 bridgehead atoms. The fourth-order valence-electron chi connectivity index (χ4n) is 4.51. The largest absolute Gasteiger partial charge is 0.497 e. The molecule has 0 aliphatic rings. The zero-order chi connectivity index (χ0) is 24.6. The third-order valence-electron chi connectivity index (χ3n) is 6.09. The van der Waals surface area contributed by atoms with Crippen LogP contribution in [0.25, 0.3) is 22.0 Å². The minimum absolute atomic E-state index is 0.194. The summed E-state index contributed by atoms with van der Waals surface area (Å²) in [5.74, 6) is 1.31. The smallest absolute Gasteiger partial charge is 0.248 e. The van der Waals surface area contributed by atoms with Crippen LogP contribution in [0.15, 0.2) is 41.7 Å². The number of hydrogen-bond acceptors (Lipinski definition) is 7. The highest BCUT2D eigenvalue weighted by Gasteiger charge is 2.25. The lowest BCUT2D eigenvalue weighted by Gasteiger charge is -2.26. The zero-order valence-corrected chi connectivity index (χ0v) is 21.1. The number of hydrogen-bond donors (Lipinski definition) is 1. The lowest BCUT2D eigenvalue weighted by molar-refractivity contribution is 0.415. The van der Waals surface area contributed by atoms with Crippen LogP contribution in [0.4, 0.5) is 11.5 Å². The number of benzene rings is 2. The van der Waals surface area contributed by atoms with Gasteiger partial charge in [-0.05, 0) is 54.7 Å². The van der Waals surface area contributed by atoms with Crippen molar-refractivity contribution in [3.05, 3.63) is 53.3 Å². The summed E-state index contributed by atoms with van der Waals surface area (Å²) < 4.78 is 29.5. The van der Waals surface area contributed by atoms with Gasteiger partial charge >= 0.3 is 0 Å². The first-order valence-corrected chi connectivity index (χ1v) is 13.0. The van der Waals surface area contributed by atoms with E-state index in [-0.39, 0.29) is 5.16 Å². The van der Waals surface area contributed by atoms with Crippen molar-refractivity contribution >= 4 is 32.2 Å². The van der Waals surface area contributed by atoms with Crippen molar-refractivity contribution in [3.63, 3.8) is 0 Å². The van der Waals surface area contributed by atoms with E-state index in [1.54, 1.807) is 13.2 Å². The normalized spacial score (nSPS) is 11.7. The van der Waals surface area contributed by atoms with E-state index in [9.17, 15) is 8.42 Å². The molecule has 2 heterocycles. The van der Waals surface area contributed by atoms with Crippen LogP contribution >= 0.6 is 0 Å². The van der Waals surface area contributed by atoms with Crippen LogP contribution in [0, 0.1) is 6.92 Å². The Morgan fingerprint density at radius 3 is 2.32 bits per heavy atom. The van der Waals surface area contributed by atoms with Crippen LogP contribution in [0.1, 0.15) is 30.7 Å². The number of ether oxygens (including phenoxy) is 1. The fourth-order valence-corrected chi connectivity index (χ4v) is 5.02. The molecule has 0 spiro atoms. The van der Waals surface area contributed by atoms with Gasteiger partial charge in [0.15, 0.2) is 0 Å². The number of nitrogens with zero attached hydrogens (tertiary/aromatic N) is 4. The van der Waals surface area contributed by atoms with Gasteiger partial charge in [0.2, 0.25) is 15.0 Å². The summed E-state index contributed by atoms with van der Waals surface area (Å²) in [5.41, 5.74) is 7.31. The first-order chi connectivity index (χ1) is 16.2. The molecule has 0 saturated heterocycles. The Morgan fingerprint density at radius 2 is 1.74 bits per heavy atom. The maximum Gasteiger partial charge on any atom is 0.248 e. The van der Waals surface area contributed by atoms with E-state index in [4.69, 9.17) is 9.84 Å². The molecule has 0 atom stereocenters. The predicted molar refractivity (Wildman–Crippen MR) is 135 cm³/mol. The molecular formula is C25H29N5O3S. The molecule has 1 N–H and O–H groups in total. The van der Waals surface area contributed by atoms with Gasteiger partial charge in [-0.1, -0.05) is 26.0 Å². The minimum Gasteiger partial charge on any atom is -0.497 e. The zero-order valence-electron chi connectivity index (χ0n) is 20.3. The van der Waals surface area contributed by atoms with E-state index in [2.05, 4.69) is 41.0 Å². The van der Waals surface area contributed by atoms with Crippen LogP contribution in [0.2, 0.25) is 0 Å². The summed E-state index contributed by atoms with van der Waals surface area (Å²) in [6.45, 7) is 6.27. The molecule has 4 aromatic rings.